The first kappa shape index (κ1) is 50.1. The second kappa shape index (κ2) is 23.5. The van der Waals surface area contributed by atoms with Crippen molar-refractivity contribution in [2.45, 2.75) is 138 Å². The van der Waals surface area contributed by atoms with Crippen molar-refractivity contribution < 1.29 is 43.0 Å². The maximum absolute atomic E-state index is 14.2. The lowest BCUT2D eigenvalue weighted by Crippen LogP contribution is -2.58. The van der Waals surface area contributed by atoms with Gasteiger partial charge in [-0.15, -0.1) is 0 Å². The Hall–Kier alpha value is -5.01. The van der Waals surface area contributed by atoms with Gasteiger partial charge in [-0.1, -0.05) is 83.5 Å². The van der Waals surface area contributed by atoms with Crippen LogP contribution in [-0.2, 0) is 49.5 Å². The summed E-state index contributed by atoms with van der Waals surface area (Å²) in [4.78, 5) is 100. The summed E-state index contributed by atoms with van der Waals surface area (Å²) in [6, 6.07) is 4.87. The highest BCUT2D eigenvalue weighted by molar-refractivity contribution is 5.96. The molecule has 0 bridgehead atoms. The number of hydrogen-bond acceptors (Lipinski definition) is 9. The summed E-state index contributed by atoms with van der Waals surface area (Å²) in [7, 11) is 4.39. The molecular formula is C45H69N5O9. The van der Waals surface area contributed by atoms with Gasteiger partial charge in [0.05, 0.1) is 6.54 Å². The Bertz CT molecular complexity index is 1690. The highest BCUT2D eigenvalue weighted by Gasteiger charge is 2.37. The Morgan fingerprint density at radius 2 is 1.51 bits per heavy atom. The third kappa shape index (κ3) is 14.6. The van der Waals surface area contributed by atoms with Crippen molar-refractivity contribution >= 4 is 41.5 Å². The van der Waals surface area contributed by atoms with E-state index in [9.17, 15) is 33.6 Å². The van der Waals surface area contributed by atoms with Crippen LogP contribution < -0.4 is 10.6 Å². The van der Waals surface area contributed by atoms with E-state index in [0.29, 0.717) is 24.8 Å². The molecule has 0 aliphatic carbocycles. The first-order valence-electron chi connectivity index (χ1n) is 20.8. The molecule has 1 aromatic carbocycles. The SMILES string of the molecule is C/C=C(\C)[C@H]1OC(=O)[C@@H](C)N(C)C(=O)[C@H]([C@@H](C)CC)NC(=O)CN(C)C(=O)[C@@H](Cc2ccccc2)N(C)C(=O)[C@H](C)NC(=O)[C@@H](CC(C)C)OC(=O)/C(C)=C/CC[C@@H]1C. The number of nitrogens with one attached hydrogen (secondary N) is 2. The molecule has 0 fully saturated rings. The summed E-state index contributed by atoms with van der Waals surface area (Å²) in [6.45, 7) is 17.3. The van der Waals surface area contributed by atoms with Crippen molar-refractivity contribution in [3.05, 3.63) is 59.2 Å². The monoisotopic (exact) mass is 824 g/mol. The highest BCUT2D eigenvalue weighted by atomic mass is 16.6. The Labute approximate surface area is 351 Å². The number of allylic oxidation sites excluding steroid dienone is 2. The predicted octanol–water partition coefficient (Wildman–Crippen LogP) is 4.61. The maximum Gasteiger partial charge on any atom is 0.334 e. The fraction of sp³-hybridized carbons (Fsp3) is 0.622. The predicted molar refractivity (Wildman–Crippen MR) is 226 cm³/mol. The summed E-state index contributed by atoms with van der Waals surface area (Å²) < 4.78 is 11.8. The van der Waals surface area contributed by atoms with Crippen LogP contribution in [0.1, 0.15) is 100 Å². The molecule has 14 nitrogen and oxygen atoms in total. The molecule has 0 unspecified atom stereocenters. The topological polar surface area (TPSA) is 172 Å². The van der Waals surface area contributed by atoms with Crippen LogP contribution in [0.4, 0.5) is 0 Å². The molecule has 1 aliphatic rings. The van der Waals surface area contributed by atoms with Crippen molar-refractivity contribution in [1.29, 1.82) is 0 Å². The number of nitrogens with zero attached hydrogens (tertiary/aromatic N) is 3. The van der Waals surface area contributed by atoms with Crippen LogP contribution >= 0.6 is 0 Å². The highest BCUT2D eigenvalue weighted by Crippen LogP contribution is 2.24. The third-order valence-corrected chi connectivity index (χ3v) is 11.2. The van der Waals surface area contributed by atoms with Crippen LogP contribution in [0.5, 0.6) is 0 Å². The summed E-state index contributed by atoms with van der Waals surface area (Å²) in [5.41, 5.74) is 1.87. The van der Waals surface area contributed by atoms with E-state index in [1.807, 2.05) is 84.9 Å². The molecular weight excluding hydrogens is 755 g/mol. The Balaban J connectivity index is 2.62. The van der Waals surface area contributed by atoms with E-state index < -0.39 is 84.4 Å². The van der Waals surface area contributed by atoms with Crippen LogP contribution in [0.2, 0.25) is 0 Å². The fourth-order valence-corrected chi connectivity index (χ4v) is 6.77. The number of ether oxygens (including phenoxy) is 2. The van der Waals surface area contributed by atoms with E-state index in [4.69, 9.17) is 9.47 Å². The zero-order valence-electron chi connectivity index (χ0n) is 37.5. The lowest BCUT2D eigenvalue weighted by molar-refractivity contribution is -0.159. The standard InChI is InChI=1S/C45H69N5O9/c1-14-28(5)38-43(55)49(12)33(10)45(57)59-39(29(6)15-2)30(7)20-19-21-31(8)44(56)58-36(24-27(3)4)40(52)46-32(9)41(53)50(13)35(25-34-22-17-16-18-23-34)42(54)48(11)26-37(51)47-38/h15-18,21-23,27-28,30,32-33,35-36,38-39H,14,19-20,24-26H2,1-13H3,(H,46,52)(H,47,51)/b29-15+,31-21+/t28-,30-,32-,33+,35+,36+,38-,39+/m0/s1. The average molecular weight is 824 g/mol. The van der Waals surface area contributed by atoms with Gasteiger partial charge in [-0.3, -0.25) is 24.0 Å². The molecule has 2 N–H and O–H groups in total. The molecule has 2 rings (SSSR count). The first-order valence-corrected chi connectivity index (χ1v) is 20.8. The summed E-state index contributed by atoms with van der Waals surface area (Å²) >= 11 is 0. The minimum atomic E-state index is -1.19. The van der Waals surface area contributed by atoms with Crippen LogP contribution in [0.15, 0.2) is 53.6 Å². The van der Waals surface area contributed by atoms with Crippen LogP contribution in [0, 0.1) is 17.8 Å². The minimum Gasteiger partial charge on any atom is -0.456 e. The number of benzene rings is 1. The maximum atomic E-state index is 14.2. The average Bonchev–Trinajstić information content (AvgIpc) is 3.20. The number of cyclic esters (lactones) is 2. The van der Waals surface area contributed by atoms with E-state index in [2.05, 4.69) is 10.6 Å². The molecule has 0 saturated carbocycles. The fourth-order valence-electron chi connectivity index (χ4n) is 6.77. The quantitative estimate of drug-likeness (QED) is 0.295. The molecule has 1 aliphatic heterocycles. The number of likely N-dealkylation sites (N-methyl/N-ethyl adjacent to an activating group) is 3. The molecule has 0 spiro atoms. The lowest BCUT2D eigenvalue weighted by Gasteiger charge is -2.34. The van der Waals surface area contributed by atoms with Gasteiger partial charge in [-0.2, -0.15) is 0 Å². The molecule has 0 radical (unpaired) electrons. The van der Waals surface area contributed by atoms with Crippen LogP contribution in [0.3, 0.4) is 0 Å². The Morgan fingerprint density at radius 1 is 0.881 bits per heavy atom. The number of carbonyl (C=O) groups is 7. The number of rotatable bonds is 7. The van der Waals surface area contributed by atoms with Gasteiger partial charge < -0.3 is 34.8 Å². The molecule has 1 aromatic rings. The zero-order valence-corrected chi connectivity index (χ0v) is 37.5. The summed E-state index contributed by atoms with van der Waals surface area (Å²) in [5, 5.41) is 5.50. The van der Waals surface area contributed by atoms with Gasteiger partial charge >= 0.3 is 11.9 Å². The van der Waals surface area contributed by atoms with E-state index in [-0.39, 0.29) is 30.6 Å². The van der Waals surface area contributed by atoms with Crippen LogP contribution in [0.25, 0.3) is 0 Å². The number of esters is 2. The van der Waals surface area contributed by atoms with Crippen molar-refractivity contribution in [3.8, 4) is 0 Å². The minimum absolute atomic E-state index is 0.0334. The smallest absolute Gasteiger partial charge is 0.334 e. The van der Waals surface area contributed by atoms with Gasteiger partial charge in [0, 0.05) is 33.1 Å². The van der Waals surface area contributed by atoms with Crippen molar-refractivity contribution in [2.75, 3.05) is 27.7 Å². The molecule has 14 heteroatoms. The second-order valence-electron chi connectivity index (χ2n) is 16.5. The zero-order chi connectivity index (χ0) is 44.7. The molecule has 1 heterocycles. The number of carbonyl (C=O) groups excluding carboxylic acids is 7. The Kier molecular flexibility index (Phi) is 20.0. The molecule has 0 aromatic heterocycles. The third-order valence-electron chi connectivity index (χ3n) is 11.2. The first-order chi connectivity index (χ1) is 27.6. The lowest BCUT2D eigenvalue weighted by atomic mass is 9.93. The number of hydrogen-bond donors (Lipinski definition) is 2. The molecule has 0 saturated heterocycles. The van der Waals surface area contributed by atoms with Crippen molar-refractivity contribution in [3.63, 3.8) is 0 Å². The van der Waals surface area contributed by atoms with Gasteiger partial charge in [0.2, 0.25) is 23.6 Å². The van der Waals surface area contributed by atoms with Gasteiger partial charge in [0.15, 0.2) is 6.10 Å². The van der Waals surface area contributed by atoms with E-state index >= 15 is 0 Å². The molecule has 8 atom stereocenters. The normalized spacial score (nSPS) is 27.7. The number of amides is 5. The van der Waals surface area contributed by atoms with Gasteiger partial charge in [0.1, 0.15) is 30.3 Å². The van der Waals surface area contributed by atoms with Gasteiger partial charge in [0.25, 0.3) is 5.91 Å². The van der Waals surface area contributed by atoms with Gasteiger partial charge in [-0.25, -0.2) is 9.59 Å². The van der Waals surface area contributed by atoms with Crippen molar-refractivity contribution in [2.24, 2.45) is 17.8 Å². The summed E-state index contributed by atoms with van der Waals surface area (Å²) in [6.07, 6.45) is 3.57. The van der Waals surface area contributed by atoms with E-state index in [0.717, 1.165) is 11.1 Å². The molecule has 5 amide bonds. The van der Waals surface area contributed by atoms with Gasteiger partial charge in [-0.05, 0) is 82.8 Å². The Morgan fingerprint density at radius 3 is 2.08 bits per heavy atom. The summed E-state index contributed by atoms with van der Waals surface area (Å²) in [5.74, 6) is -4.72. The van der Waals surface area contributed by atoms with Crippen molar-refractivity contribution in [1.82, 2.24) is 25.3 Å². The van der Waals surface area contributed by atoms with E-state index in [1.54, 1.807) is 19.9 Å². The van der Waals surface area contributed by atoms with E-state index in [1.165, 1.54) is 42.8 Å². The second-order valence-corrected chi connectivity index (χ2v) is 16.5. The molecule has 59 heavy (non-hydrogen) atoms. The van der Waals surface area contributed by atoms with Crippen LogP contribution in [-0.4, -0.2) is 120 Å². The largest absolute Gasteiger partial charge is 0.456 e. The molecule has 328 valence electrons.